The maximum atomic E-state index is 13.0. The van der Waals surface area contributed by atoms with Crippen molar-refractivity contribution in [1.82, 2.24) is 5.32 Å². The van der Waals surface area contributed by atoms with Gasteiger partial charge in [-0.3, -0.25) is 0 Å². The summed E-state index contributed by atoms with van der Waals surface area (Å²) in [5.41, 5.74) is 0.866. The van der Waals surface area contributed by atoms with Crippen molar-refractivity contribution in [2.75, 3.05) is 7.05 Å². The Hall–Kier alpha value is -1.09. The minimum Gasteiger partial charge on any atom is -0.489 e. The molecule has 1 fully saturated rings. The molecule has 0 saturated heterocycles. The Bertz CT molecular complexity index is 380. The predicted octanol–water partition coefficient (Wildman–Crippen LogP) is 3.04. The number of rotatable bonds is 3. The maximum Gasteiger partial charge on any atom is 0.123 e. The minimum absolute atomic E-state index is 0.205. The summed E-state index contributed by atoms with van der Waals surface area (Å²) in [4.78, 5) is 0. The number of likely N-dealkylation sites (N-methyl/N-ethyl adjacent to an activating group) is 1. The van der Waals surface area contributed by atoms with Crippen molar-refractivity contribution in [3.63, 3.8) is 0 Å². The Balaban J connectivity index is 2.08. The molecule has 0 amide bonds. The summed E-state index contributed by atoms with van der Waals surface area (Å²) in [5, 5.41) is 3.31. The van der Waals surface area contributed by atoms with Gasteiger partial charge in [0.2, 0.25) is 0 Å². The zero-order chi connectivity index (χ0) is 12.3. The molecule has 2 unspecified atom stereocenters. The molecule has 0 radical (unpaired) electrons. The van der Waals surface area contributed by atoms with E-state index in [1.54, 1.807) is 6.07 Å². The molecule has 2 nitrogen and oxygen atoms in total. The second-order valence-corrected chi connectivity index (χ2v) is 4.75. The summed E-state index contributed by atoms with van der Waals surface area (Å²) in [7, 11) is 1.98. The smallest absolute Gasteiger partial charge is 0.123 e. The van der Waals surface area contributed by atoms with Crippen LogP contribution in [0.5, 0.6) is 5.75 Å². The molecule has 0 aromatic heterocycles. The summed E-state index contributed by atoms with van der Waals surface area (Å²) in [6.45, 7) is 1.88. The van der Waals surface area contributed by atoms with Crippen LogP contribution in [0.25, 0.3) is 0 Å². The summed E-state index contributed by atoms with van der Waals surface area (Å²) < 4.78 is 19.0. The van der Waals surface area contributed by atoms with Gasteiger partial charge in [-0.15, -0.1) is 0 Å². The molecule has 0 spiro atoms. The fourth-order valence-electron chi connectivity index (χ4n) is 2.48. The van der Waals surface area contributed by atoms with Crippen molar-refractivity contribution in [2.45, 2.75) is 44.8 Å². The van der Waals surface area contributed by atoms with Gasteiger partial charge in [0.1, 0.15) is 17.7 Å². The number of halogens is 1. The first-order valence-corrected chi connectivity index (χ1v) is 6.31. The van der Waals surface area contributed by atoms with Crippen molar-refractivity contribution in [3.8, 4) is 5.75 Å². The molecule has 2 rings (SSSR count). The van der Waals surface area contributed by atoms with E-state index in [1.165, 1.54) is 25.0 Å². The van der Waals surface area contributed by atoms with Gasteiger partial charge in [-0.1, -0.05) is 6.42 Å². The maximum absolute atomic E-state index is 13.0. The molecular formula is C14H20FNO. The number of benzene rings is 1. The van der Waals surface area contributed by atoms with E-state index >= 15 is 0 Å². The van der Waals surface area contributed by atoms with Crippen LogP contribution in [0.3, 0.4) is 0 Å². The van der Waals surface area contributed by atoms with E-state index in [0.29, 0.717) is 6.04 Å². The molecule has 3 heteroatoms. The summed E-state index contributed by atoms with van der Waals surface area (Å²) in [6.07, 6.45) is 4.90. The molecule has 0 aliphatic heterocycles. The van der Waals surface area contributed by atoms with E-state index in [1.807, 2.05) is 14.0 Å². The number of ether oxygens (including phenoxy) is 1. The minimum atomic E-state index is -0.205. The quantitative estimate of drug-likeness (QED) is 0.872. The highest BCUT2D eigenvalue weighted by Crippen LogP contribution is 2.26. The summed E-state index contributed by atoms with van der Waals surface area (Å²) in [6, 6.07) is 5.12. The lowest BCUT2D eigenvalue weighted by atomic mass is 9.92. The van der Waals surface area contributed by atoms with Crippen LogP contribution in [-0.4, -0.2) is 19.2 Å². The second kappa shape index (κ2) is 5.50. The standard InChI is InChI=1S/C14H20FNO/c1-10-9-11(15)7-8-13(10)17-14-6-4-3-5-12(14)16-2/h7-9,12,14,16H,3-6H2,1-2H3. The summed E-state index contributed by atoms with van der Waals surface area (Å²) >= 11 is 0. The first-order chi connectivity index (χ1) is 8.20. The first kappa shape index (κ1) is 12.4. The van der Waals surface area contributed by atoms with E-state index in [-0.39, 0.29) is 11.9 Å². The van der Waals surface area contributed by atoms with Crippen LogP contribution in [-0.2, 0) is 0 Å². The highest BCUT2D eigenvalue weighted by molar-refractivity contribution is 5.32. The van der Waals surface area contributed by atoms with Gasteiger partial charge in [0.25, 0.3) is 0 Å². The number of hydrogen-bond donors (Lipinski definition) is 1. The Labute approximate surface area is 102 Å². The van der Waals surface area contributed by atoms with Crippen LogP contribution in [0.2, 0.25) is 0 Å². The van der Waals surface area contributed by atoms with E-state index in [9.17, 15) is 4.39 Å². The molecule has 94 valence electrons. The summed E-state index contributed by atoms with van der Waals surface area (Å²) in [5.74, 6) is 0.599. The fourth-order valence-corrected chi connectivity index (χ4v) is 2.48. The topological polar surface area (TPSA) is 21.3 Å². The van der Waals surface area contributed by atoms with Crippen LogP contribution in [0.15, 0.2) is 18.2 Å². The third-order valence-corrected chi connectivity index (χ3v) is 3.49. The van der Waals surface area contributed by atoms with Gasteiger partial charge in [-0.05, 0) is 57.0 Å². The molecule has 17 heavy (non-hydrogen) atoms. The molecule has 0 heterocycles. The van der Waals surface area contributed by atoms with Gasteiger partial charge >= 0.3 is 0 Å². The zero-order valence-corrected chi connectivity index (χ0v) is 10.5. The van der Waals surface area contributed by atoms with E-state index in [0.717, 1.165) is 24.2 Å². The van der Waals surface area contributed by atoms with Crippen molar-refractivity contribution in [1.29, 1.82) is 0 Å². The third kappa shape index (κ3) is 2.97. The molecule has 1 aliphatic rings. The largest absolute Gasteiger partial charge is 0.489 e. The van der Waals surface area contributed by atoms with Crippen LogP contribution in [0.4, 0.5) is 4.39 Å². The van der Waals surface area contributed by atoms with Crippen molar-refractivity contribution in [2.24, 2.45) is 0 Å². The Morgan fingerprint density at radius 2 is 2.06 bits per heavy atom. The van der Waals surface area contributed by atoms with Crippen LogP contribution in [0.1, 0.15) is 31.2 Å². The van der Waals surface area contributed by atoms with Gasteiger partial charge in [0.05, 0.1) is 0 Å². The average molecular weight is 237 g/mol. The predicted molar refractivity (Wildman–Crippen MR) is 66.9 cm³/mol. The molecule has 1 aromatic rings. The second-order valence-electron chi connectivity index (χ2n) is 4.75. The molecule has 2 atom stereocenters. The van der Waals surface area contributed by atoms with Crippen LogP contribution in [0, 0.1) is 12.7 Å². The lowest BCUT2D eigenvalue weighted by molar-refractivity contribution is 0.117. The third-order valence-electron chi connectivity index (χ3n) is 3.49. The lowest BCUT2D eigenvalue weighted by Gasteiger charge is -2.32. The van der Waals surface area contributed by atoms with E-state index < -0.39 is 0 Å². The van der Waals surface area contributed by atoms with Gasteiger partial charge in [-0.25, -0.2) is 4.39 Å². The molecular weight excluding hydrogens is 217 g/mol. The SMILES string of the molecule is CNC1CCCCC1Oc1ccc(F)cc1C. The number of aryl methyl sites for hydroxylation is 1. The van der Waals surface area contributed by atoms with Crippen LogP contribution >= 0.6 is 0 Å². The van der Waals surface area contributed by atoms with Crippen molar-refractivity contribution < 1.29 is 9.13 Å². The Kier molecular flexibility index (Phi) is 4.00. The van der Waals surface area contributed by atoms with E-state index in [4.69, 9.17) is 4.74 Å². The molecule has 1 aromatic carbocycles. The molecule has 1 saturated carbocycles. The first-order valence-electron chi connectivity index (χ1n) is 6.31. The van der Waals surface area contributed by atoms with Crippen molar-refractivity contribution in [3.05, 3.63) is 29.6 Å². The Morgan fingerprint density at radius 1 is 1.29 bits per heavy atom. The highest BCUT2D eigenvalue weighted by atomic mass is 19.1. The van der Waals surface area contributed by atoms with Gasteiger partial charge in [0, 0.05) is 6.04 Å². The lowest BCUT2D eigenvalue weighted by Crippen LogP contribution is -2.43. The number of hydrogen-bond acceptors (Lipinski definition) is 2. The Morgan fingerprint density at radius 3 is 2.76 bits per heavy atom. The van der Waals surface area contributed by atoms with Gasteiger partial charge in [-0.2, -0.15) is 0 Å². The average Bonchev–Trinajstić information content (AvgIpc) is 2.33. The van der Waals surface area contributed by atoms with Crippen molar-refractivity contribution >= 4 is 0 Å². The monoisotopic (exact) mass is 237 g/mol. The fraction of sp³-hybridized carbons (Fsp3) is 0.571. The van der Waals surface area contributed by atoms with Gasteiger partial charge < -0.3 is 10.1 Å². The van der Waals surface area contributed by atoms with Gasteiger partial charge in [0.15, 0.2) is 0 Å². The zero-order valence-electron chi connectivity index (χ0n) is 10.5. The molecule has 1 N–H and O–H groups in total. The van der Waals surface area contributed by atoms with E-state index in [2.05, 4.69) is 5.32 Å². The number of nitrogens with one attached hydrogen (secondary N) is 1. The van der Waals surface area contributed by atoms with Crippen LogP contribution < -0.4 is 10.1 Å². The molecule has 0 bridgehead atoms. The normalized spacial score (nSPS) is 24.6. The highest BCUT2D eigenvalue weighted by Gasteiger charge is 2.25. The molecule has 1 aliphatic carbocycles.